The highest BCUT2D eigenvalue weighted by molar-refractivity contribution is 6.36. The zero-order chi connectivity index (χ0) is 29.0. The van der Waals surface area contributed by atoms with E-state index < -0.39 is 0 Å². The standard InChI is InChI=1S/C32H42ClN7O2/c1-4-27(41)38-12-8-23(9-13-38)40-22(3)28(29-25-18-34-35-26(25)17-21(2)30(29)33)31(36-40)39-15-14-37(19-24-7-5-16-42-24)20-32(39)10-6-11-32/h4,17-18,23-24H,1,5-16,19-20H2,2-3H3,(H,34,35)/t24-/m1/s1. The number of rotatable bonds is 6. The van der Waals surface area contributed by atoms with E-state index in [1.807, 2.05) is 11.1 Å². The molecule has 10 heteroatoms. The van der Waals surface area contributed by atoms with Crippen molar-refractivity contribution in [1.82, 2.24) is 29.8 Å². The second-order valence-corrected chi connectivity index (χ2v) is 13.2. The number of benzene rings is 1. The van der Waals surface area contributed by atoms with Crippen LogP contribution in [0.2, 0.25) is 5.02 Å². The Morgan fingerprint density at radius 2 is 1.98 bits per heavy atom. The SMILES string of the molecule is C=CC(=O)N1CCC(n2nc(N3CCN(C[C@H]4CCCO4)CC34CCC4)c(-c3c(Cl)c(C)cc4[nH]ncc34)c2C)CC1. The number of carbonyl (C=O) groups excluding carboxylic acids is 1. The molecule has 1 atom stereocenters. The van der Waals surface area contributed by atoms with E-state index >= 15 is 0 Å². The van der Waals surface area contributed by atoms with Gasteiger partial charge in [-0.25, -0.2) is 0 Å². The quantitative estimate of drug-likeness (QED) is 0.393. The average molecular weight is 592 g/mol. The Morgan fingerprint density at radius 1 is 1.17 bits per heavy atom. The normalized spacial score (nSPS) is 23.2. The predicted molar refractivity (Wildman–Crippen MR) is 166 cm³/mol. The molecule has 4 fully saturated rings. The molecule has 1 spiro atoms. The maximum atomic E-state index is 12.3. The molecule has 5 heterocycles. The number of halogens is 1. The van der Waals surface area contributed by atoms with Crippen LogP contribution in [0.25, 0.3) is 22.0 Å². The zero-order valence-electron chi connectivity index (χ0n) is 24.9. The first-order chi connectivity index (χ1) is 20.4. The van der Waals surface area contributed by atoms with Crippen LogP contribution >= 0.6 is 11.6 Å². The molecule has 2 aromatic heterocycles. The molecule has 4 aliphatic rings. The van der Waals surface area contributed by atoms with Crippen molar-refractivity contribution in [3.63, 3.8) is 0 Å². The van der Waals surface area contributed by atoms with E-state index in [1.165, 1.54) is 38.2 Å². The van der Waals surface area contributed by atoms with Gasteiger partial charge in [0.25, 0.3) is 0 Å². The van der Waals surface area contributed by atoms with Crippen LogP contribution in [0.15, 0.2) is 24.9 Å². The molecule has 7 rings (SSSR count). The van der Waals surface area contributed by atoms with Gasteiger partial charge in [0.2, 0.25) is 5.91 Å². The number of hydrogen-bond donors (Lipinski definition) is 1. The van der Waals surface area contributed by atoms with Gasteiger partial charge in [0.05, 0.1) is 34.4 Å². The third-order valence-corrected chi connectivity index (χ3v) is 10.8. The van der Waals surface area contributed by atoms with Crippen LogP contribution in [-0.4, -0.2) is 93.2 Å². The van der Waals surface area contributed by atoms with Gasteiger partial charge < -0.3 is 14.5 Å². The van der Waals surface area contributed by atoms with E-state index in [0.717, 1.165) is 89.8 Å². The number of nitrogens with zero attached hydrogens (tertiary/aromatic N) is 6. The number of aryl methyl sites for hydroxylation is 1. The number of amides is 1. The molecule has 1 N–H and O–H groups in total. The number of likely N-dealkylation sites (tertiary alicyclic amines) is 1. The Hall–Kier alpha value is -2.88. The maximum Gasteiger partial charge on any atom is 0.245 e. The van der Waals surface area contributed by atoms with Gasteiger partial charge in [0.1, 0.15) is 0 Å². The molecule has 1 aliphatic carbocycles. The molecule has 3 saturated heterocycles. The predicted octanol–water partition coefficient (Wildman–Crippen LogP) is 5.27. The number of anilines is 1. The van der Waals surface area contributed by atoms with E-state index in [-0.39, 0.29) is 17.5 Å². The molecule has 1 amide bonds. The van der Waals surface area contributed by atoms with Crippen molar-refractivity contribution in [2.24, 2.45) is 0 Å². The van der Waals surface area contributed by atoms with Gasteiger partial charge in [-0.05, 0) is 76.5 Å². The summed E-state index contributed by atoms with van der Waals surface area (Å²) in [6.45, 7) is 14.3. The first kappa shape index (κ1) is 27.9. The number of nitrogens with one attached hydrogen (secondary N) is 1. The number of H-pyrrole nitrogens is 1. The molecule has 1 saturated carbocycles. The van der Waals surface area contributed by atoms with Crippen molar-refractivity contribution in [2.45, 2.75) is 76.5 Å². The van der Waals surface area contributed by atoms with Crippen molar-refractivity contribution >= 4 is 34.2 Å². The van der Waals surface area contributed by atoms with Crippen LogP contribution in [0.1, 0.15) is 62.2 Å². The minimum Gasteiger partial charge on any atom is -0.377 e. The molecular formula is C32H42ClN7O2. The molecule has 224 valence electrons. The Kier molecular flexibility index (Phi) is 7.31. The van der Waals surface area contributed by atoms with E-state index in [9.17, 15) is 4.79 Å². The summed E-state index contributed by atoms with van der Waals surface area (Å²) in [5.41, 5.74) is 5.36. The minimum atomic E-state index is 0.00806. The number of piperidine rings is 1. The van der Waals surface area contributed by atoms with Crippen LogP contribution in [0.3, 0.4) is 0 Å². The lowest BCUT2D eigenvalue weighted by Crippen LogP contribution is -2.66. The highest BCUT2D eigenvalue weighted by Gasteiger charge is 2.48. The summed E-state index contributed by atoms with van der Waals surface area (Å²) in [5.74, 6) is 1.05. The monoisotopic (exact) mass is 591 g/mol. The molecule has 9 nitrogen and oxygen atoms in total. The lowest BCUT2D eigenvalue weighted by atomic mass is 9.73. The second kappa shape index (κ2) is 11.0. The Bertz CT molecular complexity index is 1490. The highest BCUT2D eigenvalue weighted by Crippen LogP contribution is 2.49. The summed E-state index contributed by atoms with van der Waals surface area (Å²) in [4.78, 5) is 19.4. The fourth-order valence-electron chi connectivity index (χ4n) is 7.88. The van der Waals surface area contributed by atoms with Gasteiger partial charge in [0.15, 0.2) is 5.82 Å². The van der Waals surface area contributed by atoms with Crippen molar-refractivity contribution in [1.29, 1.82) is 0 Å². The Balaban J connectivity index is 1.30. The number of fused-ring (bicyclic) bond motifs is 1. The van der Waals surface area contributed by atoms with Crippen molar-refractivity contribution < 1.29 is 9.53 Å². The number of hydrogen-bond acceptors (Lipinski definition) is 6. The summed E-state index contributed by atoms with van der Waals surface area (Å²) in [7, 11) is 0. The van der Waals surface area contributed by atoms with Crippen LogP contribution in [-0.2, 0) is 9.53 Å². The first-order valence-electron chi connectivity index (χ1n) is 15.6. The smallest absolute Gasteiger partial charge is 0.245 e. The zero-order valence-corrected chi connectivity index (χ0v) is 25.6. The number of aromatic amines is 1. The van der Waals surface area contributed by atoms with Crippen LogP contribution < -0.4 is 4.90 Å². The van der Waals surface area contributed by atoms with Crippen LogP contribution in [0.5, 0.6) is 0 Å². The van der Waals surface area contributed by atoms with Gasteiger partial charge in [-0.2, -0.15) is 10.2 Å². The summed E-state index contributed by atoms with van der Waals surface area (Å²) < 4.78 is 8.26. The highest BCUT2D eigenvalue weighted by atomic mass is 35.5. The fourth-order valence-corrected chi connectivity index (χ4v) is 8.13. The Labute approximate surface area is 252 Å². The number of aromatic nitrogens is 4. The summed E-state index contributed by atoms with van der Waals surface area (Å²) in [5, 5.41) is 14.8. The third kappa shape index (κ3) is 4.64. The lowest BCUT2D eigenvalue weighted by molar-refractivity contribution is -0.127. The minimum absolute atomic E-state index is 0.00806. The van der Waals surface area contributed by atoms with Gasteiger partial charge >= 0.3 is 0 Å². The Morgan fingerprint density at radius 3 is 2.67 bits per heavy atom. The van der Waals surface area contributed by atoms with Crippen molar-refractivity contribution in [3.05, 3.63) is 41.2 Å². The van der Waals surface area contributed by atoms with Gasteiger partial charge in [-0.15, -0.1) is 0 Å². The molecule has 42 heavy (non-hydrogen) atoms. The summed E-state index contributed by atoms with van der Waals surface area (Å²) in [6, 6.07) is 2.30. The topological polar surface area (TPSA) is 82.5 Å². The third-order valence-electron chi connectivity index (χ3n) is 10.3. The maximum absolute atomic E-state index is 12.3. The molecule has 3 aliphatic heterocycles. The van der Waals surface area contributed by atoms with Gasteiger partial charge in [0, 0.05) is 68.1 Å². The number of carbonyl (C=O) groups is 1. The van der Waals surface area contributed by atoms with E-state index in [1.54, 1.807) is 0 Å². The van der Waals surface area contributed by atoms with E-state index in [0.29, 0.717) is 19.2 Å². The van der Waals surface area contributed by atoms with Crippen molar-refractivity contribution in [3.8, 4) is 11.1 Å². The molecule has 3 aromatic rings. The van der Waals surface area contributed by atoms with Crippen molar-refractivity contribution in [2.75, 3.05) is 50.8 Å². The summed E-state index contributed by atoms with van der Waals surface area (Å²) >= 11 is 7.18. The fraction of sp³-hybridized carbons (Fsp3) is 0.594. The molecule has 0 radical (unpaired) electrons. The molecule has 0 unspecified atom stereocenters. The first-order valence-corrected chi connectivity index (χ1v) is 16.0. The molecule has 0 bridgehead atoms. The largest absolute Gasteiger partial charge is 0.377 e. The van der Waals surface area contributed by atoms with Crippen LogP contribution in [0, 0.1) is 13.8 Å². The molecule has 1 aromatic carbocycles. The van der Waals surface area contributed by atoms with Gasteiger partial charge in [-0.3, -0.25) is 19.5 Å². The number of ether oxygens (including phenoxy) is 1. The van der Waals surface area contributed by atoms with Gasteiger partial charge in [-0.1, -0.05) is 18.2 Å². The number of piperazine rings is 1. The average Bonchev–Trinajstić information content (AvgIpc) is 3.74. The lowest BCUT2D eigenvalue weighted by Gasteiger charge is -2.56. The molecular weight excluding hydrogens is 550 g/mol. The van der Waals surface area contributed by atoms with Crippen LogP contribution in [0.4, 0.5) is 5.82 Å². The van der Waals surface area contributed by atoms with E-state index in [2.05, 4.69) is 51.2 Å². The van der Waals surface area contributed by atoms with E-state index in [4.69, 9.17) is 21.4 Å². The summed E-state index contributed by atoms with van der Waals surface area (Å²) in [6.07, 6.45) is 11.3. The second-order valence-electron chi connectivity index (χ2n) is 12.8.